The maximum absolute atomic E-state index is 9.89. The molecule has 0 bridgehead atoms. The Morgan fingerprint density at radius 1 is 1.23 bits per heavy atom. The summed E-state index contributed by atoms with van der Waals surface area (Å²) < 4.78 is 0. The van der Waals surface area contributed by atoms with Crippen molar-refractivity contribution in [2.45, 2.75) is 24.7 Å². The Kier molecular flexibility index (Phi) is 5.43. The van der Waals surface area contributed by atoms with E-state index in [9.17, 15) is 5.11 Å². The van der Waals surface area contributed by atoms with Crippen LogP contribution in [0, 0.1) is 0 Å². The SMILES string of the molecule is CNC(CO)C(NC)C(C)(O)NC. The van der Waals surface area contributed by atoms with Crippen LogP contribution in [0.3, 0.4) is 0 Å². The van der Waals surface area contributed by atoms with Gasteiger partial charge in [0, 0.05) is 6.04 Å². The van der Waals surface area contributed by atoms with Gasteiger partial charge in [-0.1, -0.05) is 0 Å². The van der Waals surface area contributed by atoms with E-state index in [0.717, 1.165) is 0 Å². The van der Waals surface area contributed by atoms with Crippen LogP contribution in [0.2, 0.25) is 0 Å². The molecule has 0 aliphatic carbocycles. The molecule has 3 atom stereocenters. The van der Waals surface area contributed by atoms with Gasteiger partial charge in [-0.2, -0.15) is 0 Å². The van der Waals surface area contributed by atoms with E-state index < -0.39 is 5.72 Å². The first kappa shape index (κ1) is 12.8. The summed E-state index contributed by atoms with van der Waals surface area (Å²) in [7, 11) is 5.17. The zero-order valence-electron chi connectivity index (χ0n) is 8.76. The van der Waals surface area contributed by atoms with Gasteiger partial charge in [0.2, 0.25) is 0 Å². The van der Waals surface area contributed by atoms with E-state index in [1.54, 1.807) is 28.1 Å². The lowest BCUT2D eigenvalue weighted by Gasteiger charge is -2.37. The lowest BCUT2D eigenvalue weighted by atomic mass is 9.98. The average molecular weight is 191 g/mol. The van der Waals surface area contributed by atoms with Crippen LogP contribution in [0.5, 0.6) is 0 Å². The number of hydrogen-bond donors (Lipinski definition) is 5. The minimum Gasteiger partial charge on any atom is -0.395 e. The molecule has 0 rings (SSSR count). The predicted octanol–water partition coefficient (Wildman–Crippen LogP) is -1.92. The number of aliphatic hydroxyl groups is 2. The van der Waals surface area contributed by atoms with Gasteiger partial charge in [-0.15, -0.1) is 0 Å². The monoisotopic (exact) mass is 191 g/mol. The van der Waals surface area contributed by atoms with Crippen LogP contribution < -0.4 is 16.0 Å². The Morgan fingerprint density at radius 3 is 2.00 bits per heavy atom. The van der Waals surface area contributed by atoms with E-state index in [2.05, 4.69) is 16.0 Å². The van der Waals surface area contributed by atoms with Gasteiger partial charge in [-0.05, 0) is 28.1 Å². The molecular formula is C8H21N3O2. The molecule has 5 N–H and O–H groups in total. The number of likely N-dealkylation sites (N-methyl/N-ethyl adjacent to an activating group) is 3. The van der Waals surface area contributed by atoms with Crippen LogP contribution in [-0.2, 0) is 0 Å². The number of rotatable bonds is 6. The van der Waals surface area contributed by atoms with E-state index in [4.69, 9.17) is 5.11 Å². The number of aliphatic hydroxyl groups excluding tert-OH is 1. The van der Waals surface area contributed by atoms with Gasteiger partial charge in [-0.3, -0.25) is 5.32 Å². The molecule has 0 spiro atoms. The van der Waals surface area contributed by atoms with Gasteiger partial charge >= 0.3 is 0 Å². The molecule has 0 radical (unpaired) electrons. The Bertz CT molecular complexity index is 137. The first-order chi connectivity index (χ1) is 6.03. The van der Waals surface area contributed by atoms with E-state index in [0.29, 0.717) is 0 Å². The van der Waals surface area contributed by atoms with Gasteiger partial charge in [0.25, 0.3) is 0 Å². The predicted molar refractivity (Wildman–Crippen MR) is 52.5 cm³/mol. The highest BCUT2D eigenvalue weighted by Crippen LogP contribution is 2.08. The largest absolute Gasteiger partial charge is 0.395 e. The Morgan fingerprint density at radius 2 is 1.77 bits per heavy atom. The smallest absolute Gasteiger partial charge is 0.129 e. The fraction of sp³-hybridized carbons (Fsp3) is 1.00. The highest BCUT2D eigenvalue weighted by atomic mass is 16.3. The fourth-order valence-corrected chi connectivity index (χ4v) is 1.39. The van der Waals surface area contributed by atoms with Crippen LogP contribution in [0.15, 0.2) is 0 Å². The van der Waals surface area contributed by atoms with E-state index in [-0.39, 0.29) is 18.7 Å². The van der Waals surface area contributed by atoms with E-state index in [1.165, 1.54) is 0 Å². The molecule has 0 aliphatic rings. The lowest BCUT2D eigenvalue weighted by Crippen LogP contribution is -2.64. The average Bonchev–Trinajstić information content (AvgIpc) is 2.13. The van der Waals surface area contributed by atoms with Gasteiger partial charge in [-0.25, -0.2) is 0 Å². The molecule has 13 heavy (non-hydrogen) atoms. The van der Waals surface area contributed by atoms with Crippen molar-refractivity contribution >= 4 is 0 Å². The second kappa shape index (κ2) is 5.51. The molecule has 0 aromatic heterocycles. The van der Waals surface area contributed by atoms with Crippen molar-refractivity contribution in [2.75, 3.05) is 27.7 Å². The molecule has 0 saturated heterocycles. The van der Waals surface area contributed by atoms with Gasteiger partial charge in [0.15, 0.2) is 0 Å². The topological polar surface area (TPSA) is 76.5 Å². The molecule has 0 aromatic carbocycles. The number of nitrogens with one attached hydrogen (secondary N) is 3. The fourth-order valence-electron chi connectivity index (χ4n) is 1.39. The van der Waals surface area contributed by atoms with Crippen molar-refractivity contribution in [3.05, 3.63) is 0 Å². The summed E-state index contributed by atoms with van der Waals surface area (Å²) >= 11 is 0. The quantitative estimate of drug-likeness (QED) is 0.317. The van der Waals surface area contributed by atoms with Crippen LogP contribution in [0.4, 0.5) is 0 Å². The Balaban J connectivity index is 4.46. The van der Waals surface area contributed by atoms with Crippen molar-refractivity contribution in [1.82, 2.24) is 16.0 Å². The summed E-state index contributed by atoms with van der Waals surface area (Å²) in [5.74, 6) is 0. The van der Waals surface area contributed by atoms with Gasteiger partial charge < -0.3 is 20.8 Å². The zero-order valence-corrected chi connectivity index (χ0v) is 8.76. The number of hydrogen-bond acceptors (Lipinski definition) is 5. The molecule has 5 heteroatoms. The molecule has 0 saturated carbocycles. The Labute approximate surface area is 79.5 Å². The molecule has 5 nitrogen and oxygen atoms in total. The van der Waals surface area contributed by atoms with E-state index in [1.807, 2.05) is 0 Å². The summed E-state index contributed by atoms with van der Waals surface area (Å²) in [6.45, 7) is 1.63. The lowest BCUT2D eigenvalue weighted by molar-refractivity contribution is -0.0222. The van der Waals surface area contributed by atoms with Crippen LogP contribution >= 0.6 is 0 Å². The molecule has 0 fully saturated rings. The second-order valence-electron chi connectivity index (χ2n) is 3.24. The van der Waals surface area contributed by atoms with Crippen LogP contribution in [-0.4, -0.2) is 55.8 Å². The summed E-state index contributed by atoms with van der Waals surface area (Å²) in [4.78, 5) is 0. The van der Waals surface area contributed by atoms with Crippen molar-refractivity contribution < 1.29 is 10.2 Å². The maximum atomic E-state index is 9.89. The normalized spacial score (nSPS) is 20.8. The third-order valence-electron chi connectivity index (χ3n) is 2.39. The molecular weight excluding hydrogens is 170 g/mol. The minimum atomic E-state index is -1.05. The molecule has 0 aliphatic heterocycles. The summed E-state index contributed by atoms with van der Waals surface area (Å²) in [6, 6.07) is -0.444. The highest BCUT2D eigenvalue weighted by Gasteiger charge is 2.34. The summed E-state index contributed by atoms with van der Waals surface area (Å²) in [6.07, 6.45) is 0. The summed E-state index contributed by atoms with van der Waals surface area (Å²) in [5, 5.41) is 27.6. The van der Waals surface area contributed by atoms with Crippen molar-refractivity contribution in [3.8, 4) is 0 Å². The zero-order chi connectivity index (χ0) is 10.5. The molecule has 0 aromatic rings. The van der Waals surface area contributed by atoms with Crippen molar-refractivity contribution in [3.63, 3.8) is 0 Å². The minimum absolute atomic E-state index is 0.0279. The van der Waals surface area contributed by atoms with Gasteiger partial charge in [0.1, 0.15) is 5.72 Å². The third-order valence-corrected chi connectivity index (χ3v) is 2.39. The van der Waals surface area contributed by atoms with Crippen molar-refractivity contribution in [2.24, 2.45) is 0 Å². The standard InChI is InChI=1S/C8H21N3O2/c1-8(13,11-4)7(10-3)6(5-12)9-2/h6-7,9-13H,5H2,1-4H3. The molecule has 0 heterocycles. The first-order valence-electron chi connectivity index (χ1n) is 4.40. The third kappa shape index (κ3) is 3.21. The van der Waals surface area contributed by atoms with Crippen LogP contribution in [0.1, 0.15) is 6.92 Å². The highest BCUT2D eigenvalue weighted by molar-refractivity contribution is 4.92. The second-order valence-corrected chi connectivity index (χ2v) is 3.24. The van der Waals surface area contributed by atoms with Crippen molar-refractivity contribution in [1.29, 1.82) is 0 Å². The first-order valence-corrected chi connectivity index (χ1v) is 4.40. The van der Waals surface area contributed by atoms with Gasteiger partial charge in [0.05, 0.1) is 12.6 Å². The Hall–Kier alpha value is -0.200. The van der Waals surface area contributed by atoms with Crippen LogP contribution in [0.25, 0.3) is 0 Å². The molecule has 80 valence electrons. The molecule has 3 unspecified atom stereocenters. The maximum Gasteiger partial charge on any atom is 0.129 e. The summed E-state index contributed by atoms with van der Waals surface area (Å²) in [5.41, 5.74) is -1.05. The van der Waals surface area contributed by atoms with E-state index >= 15 is 0 Å². The molecule has 0 amide bonds.